The number of rotatable bonds is 8. The number of nitro groups is 2. The lowest BCUT2D eigenvalue weighted by atomic mass is 9.87. The maximum atomic E-state index is 11.9. The molecule has 0 saturated heterocycles. The fourth-order valence-electron chi connectivity index (χ4n) is 2.19. The van der Waals surface area contributed by atoms with Gasteiger partial charge in [-0.3, -0.25) is 20.2 Å². The SMILES string of the molecule is CCOC(=O)C([C@@H](CC(C)=O)c1ccc([N+](=O)[O-])cc1)[N+](=O)[O-]. The van der Waals surface area contributed by atoms with Crippen molar-refractivity contribution in [2.45, 2.75) is 32.2 Å². The van der Waals surface area contributed by atoms with Gasteiger partial charge in [0, 0.05) is 23.5 Å². The molecule has 0 bridgehead atoms. The Morgan fingerprint density at radius 3 is 2.13 bits per heavy atom. The van der Waals surface area contributed by atoms with Gasteiger partial charge in [-0.15, -0.1) is 0 Å². The van der Waals surface area contributed by atoms with Crippen LogP contribution in [0.25, 0.3) is 0 Å². The molecule has 0 N–H and O–H groups in total. The van der Waals surface area contributed by atoms with Crippen LogP contribution in [0, 0.1) is 20.2 Å². The van der Waals surface area contributed by atoms with E-state index in [-0.39, 0.29) is 24.5 Å². The smallest absolute Gasteiger partial charge is 0.382 e. The number of Topliss-reactive ketones (excluding diaryl/α,β-unsaturated/α-hetero) is 1. The third-order valence-electron chi connectivity index (χ3n) is 3.18. The molecule has 0 aliphatic heterocycles. The maximum absolute atomic E-state index is 11.9. The van der Waals surface area contributed by atoms with Gasteiger partial charge in [0.15, 0.2) is 0 Å². The first kappa shape index (κ1) is 18.2. The van der Waals surface area contributed by atoms with Crippen molar-refractivity contribution in [3.05, 3.63) is 50.1 Å². The molecule has 1 rings (SSSR count). The van der Waals surface area contributed by atoms with E-state index >= 15 is 0 Å². The lowest BCUT2D eigenvalue weighted by Gasteiger charge is -2.19. The summed E-state index contributed by atoms with van der Waals surface area (Å²) in [4.78, 5) is 43.8. The summed E-state index contributed by atoms with van der Waals surface area (Å²) in [6.45, 7) is 2.73. The summed E-state index contributed by atoms with van der Waals surface area (Å²) < 4.78 is 4.71. The van der Waals surface area contributed by atoms with Crippen LogP contribution in [0.4, 0.5) is 5.69 Å². The van der Waals surface area contributed by atoms with E-state index in [2.05, 4.69) is 0 Å². The van der Waals surface area contributed by atoms with Crippen LogP contribution in [-0.2, 0) is 14.3 Å². The number of carbonyl (C=O) groups excluding carboxylic acids is 2. The Bertz CT molecular complexity index is 612. The number of ether oxygens (including phenoxy) is 1. The van der Waals surface area contributed by atoms with Crippen LogP contribution in [0.5, 0.6) is 0 Å². The van der Waals surface area contributed by atoms with E-state index in [1.165, 1.54) is 38.1 Å². The van der Waals surface area contributed by atoms with E-state index in [0.29, 0.717) is 5.56 Å². The Morgan fingerprint density at radius 2 is 1.74 bits per heavy atom. The number of carbonyl (C=O) groups is 2. The quantitative estimate of drug-likeness (QED) is 0.405. The van der Waals surface area contributed by atoms with Gasteiger partial charge in [-0.25, -0.2) is 4.79 Å². The Balaban J connectivity index is 3.24. The van der Waals surface area contributed by atoms with Crippen molar-refractivity contribution in [3.8, 4) is 0 Å². The fraction of sp³-hybridized carbons (Fsp3) is 0.429. The molecule has 1 unspecified atom stereocenters. The summed E-state index contributed by atoms with van der Waals surface area (Å²) in [5, 5.41) is 21.9. The zero-order valence-corrected chi connectivity index (χ0v) is 12.6. The topological polar surface area (TPSA) is 130 Å². The molecule has 1 aromatic rings. The van der Waals surface area contributed by atoms with E-state index in [0.717, 1.165) is 0 Å². The lowest BCUT2D eigenvalue weighted by molar-refractivity contribution is -0.514. The minimum absolute atomic E-state index is 0.0315. The Morgan fingerprint density at radius 1 is 1.17 bits per heavy atom. The molecule has 2 atom stereocenters. The minimum atomic E-state index is -1.75. The Hall–Kier alpha value is -2.84. The van der Waals surface area contributed by atoms with Gasteiger partial charge in [0.25, 0.3) is 5.69 Å². The molecule has 0 fully saturated rings. The van der Waals surface area contributed by atoms with Gasteiger partial charge in [0.05, 0.1) is 17.4 Å². The van der Waals surface area contributed by atoms with E-state index in [9.17, 15) is 29.8 Å². The summed E-state index contributed by atoms with van der Waals surface area (Å²) in [5.74, 6) is -2.44. The molecule has 0 spiro atoms. The number of benzene rings is 1. The van der Waals surface area contributed by atoms with Crippen LogP contribution in [0.1, 0.15) is 31.7 Å². The molecule has 0 aliphatic rings. The highest BCUT2D eigenvalue weighted by atomic mass is 16.6. The maximum Gasteiger partial charge on any atom is 0.382 e. The van der Waals surface area contributed by atoms with Crippen LogP contribution < -0.4 is 0 Å². The highest BCUT2D eigenvalue weighted by molar-refractivity contribution is 5.80. The average Bonchev–Trinajstić information content (AvgIpc) is 2.46. The average molecular weight is 324 g/mol. The Labute approximate surface area is 131 Å². The van der Waals surface area contributed by atoms with E-state index in [1.54, 1.807) is 0 Å². The molecular weight excluding hydrogens is 308 g/mol. The standard InChI is InChI=1S/C14H16N2O7/c1-3-23-14(18)13(16(21)22)12(8-9(2)17)10-4-6-11(7-5-10)15(19)20/h4-7,12-13H,3,8H2,1-2H3/t12-,13?/m0/s1. The van der Waals surface area contributed by atoms with Crippen LogP contribution in [0.2, 0.25) is 0 Å². The van der Waals surface area contributed by atoms with Gasteiger partial charge in [-0.05, 0) is 19.4 Å². The molecule has 9 heteroatoms. The van der Waals surface area contributed by atoms with Crippen molar-refractivity contribution in [2.75, 3.05) is 6.61 Å². The first-order valence-electron chi connectivity index (χ1n) is 6.81. The van der Waals surface area contributed by atoms with Crippen molar-refractivity contribution in [1.82, 2.24) is 0 Å². The predicted molar refractivity (Wildman–Crippen MR) is 78.6 cm³/mol. The number of esters is 1. The molecule has 0 saturated carbocycles. The van der Waals surface area contributed by atoms with Crippen LogP contribution in [0.3, 0.4) is 0 Å². The summed E-state index contributed by atoms with van der Waals surface area (Å²) in [7, 11) is 0. The first-order chi connectivity index (χ1) is 10.8. The normalized spacial score (nSPS) is 13.0. The van der Waals surface area contributed by atoms with Gasteiger partial charge < -0.3 is 9.53 Å². The lowest BCUT2D eigenvalue weighted by Crippen LogP contribution is -2.38. The summed E-state index contributed by atoms with van der Waals surface area (Å²) >= 11 is 0. The molecule has 0 aliphatic carbocycles. The van der Waals surface area contributed by atoms with E-state index in [1.807, 2.05) is 0 Å². The number of hydrogen-bond acceptors (Lipinski definition) is 7. The number of hydrogen-bond donors (Lipinski definition) is 0. The molecule has 1 aromatic carbocycles. The zero-order chi connectivity index (χ0) is 17.6. The summed E-state index contributed by atoms with van der Waals surface area (Å²) in [6, 6.07) is 3.21. The molecule has 9 nitrogen and oxygen atoms in total. The second-order valence-corrected chi connectivity index (χ2v) is 4.84. The molecular formula is C14H16N2O7. The second kappa shape index (κ2) is 7.97. The van der Waals surface area contributed by atoms with Crippen LogP contribution in [-0.4, -0.2) is 34.2 Å². The molecule has 23 heavy (non-hydrogen) atoms. The molecule has 0 heterocycles. The fourth-order valence-corrected chi connectivity index (χ4v) is 2.19. The highest BCUT2D eigenvalue weighted by Crippen LogP contribution is 2.28. The number of nitrogens with zero attached hydrogens (tertiary/aromatic N) is 2. The zero-order valence-electron chi connectivity index (χ0n) is 12.6. The third-order valence-corrected chi connectivity index (χ3v) is 3.18. The van der Waals surface area contributed by atoms with Gasteiger partial charge in [0.2, 0.25) is 0 Å². The molecule has 0 radical (unpaired) electrons. The van der Waals surface area contributed by atoms with Gasteiger partial charge in [-0.1, -0.05) is 12.1 Å². The van der Waals surface area contributed by atoms with Crippen LogP contribution in [0.15, 0.2) is 24.3 Å². The molecule has 0 aromatic heterocycles. The second-order valence-electron chi connectivity index (χ2n) is 4.84. The summed E-state index contributed by atoms with van der Waals surface area (Å²) in [5.41, 5.74) is 0.102. The first-order valence-corrected chi connectivity index (χ1v) is 6.81. The van der Waals surface area contributed by atoms with Crippen molar-refractivity contribution >= 4 is 17.4 Å². The highest BCUT2D eigenvalue weighted by Gasteiger charge is 2.41. The predicted octanol–water partition coefficient (Wildman–Crippen LogP) is 1.87. The van der Waals surface area contributed by atoms with Crippen molar-refractivity contribution in [1.29, 1.82) is 0 Å². The number of nitro benzene ring substituents is 1. The Kier molecular flexibility index (Phi) is 6.31. The van der Waals surface area contributed by atoms with Crippen LogP contribution >= 0.6 is 0 Å². The largest absolute Gasteiger partial charge is 0.461 e. The molecule has 0 amide bonds. The van der Waals surface area contributed by atoms with Crippen molar-refractivity contribution in [2.24, 2.45) is 0 Å². The van der Waals surface area contributed by atoms with Gasteiger partial charge in [0.1, 0.15) is 5.78 Å². The summed E-state index contributed by atoms with van der Waals surface area (Å²) in [6.07, 6.45) is -0.248. The third kappa shape index (κ3) is 4.83. The van der Waals surface area contributed by atoms with Gasteiger partial charge in [-0.2, -0.15) is 0 Å². The minimum Gasteiger partial charge on any atom is -0.461 e. The monoisotopic (exact) mass is 324 g/mol. The number of non-ortho nitro benzene ring substituents is 1. The molecule has 124 valence electrons. The van der Waals surface area contributed by atoms with Gasteiger partial charge >= 0.3 is 12.0 Å². The van der Waals surface area contributed by atoms with E-state index in [4.69, 9.17) is 4.74 Å². The van der Waals surface area contributed by atoms with Crippen molar-refractivity contribution in [3.63, 3.8) is 0 Å². The van der Waals surface area contributed by atoms with E-state index < -0.39 is 27.8 Å². The van der Waals surface area contributed by atoms with Crippen molar-refractivity contribution < 1.29 is 24.2 Å². The number of ketones is 1.